The van der Waals surface area contributed by atoms with E-state index in [1.54, 1.807) is 0 Å². The van der Waals surface area contributed by atoms with Crippen LogP contribution < -0.4 is 24.8 Å². The summed E-state index contributed by atoms with van der Waals surface area (Å²) in [4.78, 5) is 0. The van der Waals surface area contributed by atoms with E-state index in [1.165, 1.54) is 58.9 Å². The fraction of sp³-hybridized carbons (Fsp3) is 0.293. The van der Waals surface area contributed by atoms with Crippen LogP contribution in [0.25, 0.3) is 11.1 Å². The number of benzene rings is 4. The molecule has 6 rings (SSSR count). The summed E-state index contributed by atoms with van der Waals surface area (Å²) in [6.45, 7) is 18.2. The zero-order valence-electron chi connectivity index (χ0n) is 27.4. The normalized spacial score (nSPS) is 12.4. The van der Waals surface area contributed by atoms with Crippen LogP contribution in [0.3, 0.4) is 0 Å². The number of allylic oxidation sites excluding steroid dienone is 4. The topological polar surface area (TPSA) is 0 Å². The van der Waals surface area contributed by atoms with Crippen molar-refractivity contribution in [2.45, 2.75) is 79.1 Å². The van der Waals surface area contributed by atoms with Crippen LogP contribution >= 0.6 is 0 Å². The first-order valence-electron chi connectivity index (χ1n) is 15.0. The van der Waals surface area contributed by atoms with Crippen molar-refractivity contribution in [1.82, 2.24) is 0 Å². The predicted molar refractivity (Wildman–Crippen MR) is 178 cm³/mol. The molecule has 0 aromatic heterocycles. The molecule has 0 fully saturated rings. The molecule has 0 atom stereocenters. The molecule has 4 aromatic rings. The first-order chi connectivity index (χ1) is 19.9. The molecule has 0 nitrogen and oxygen atoms in total. The van der Waals surface area contributed by atoms with Gasteiger partial charge in [0.15, 0.2) is 0 Å². The van der Waals surface area contributed by atoms with Crippen LogP contribution in [0.2, 0.25) is 0 Å². The first kappa shape index (κ1) is 37.9. The Morgan fingerprint density at radius 3 is 1.66 bits per heavy atom. The zero-order valence-corrected chi connectivity index (χ0v) is 32.5. The molecule has 0 amide bonds. The Morgan fingerprint density at radius 2 is 1.23 bits per heavy atom. The average molecular weight is 786 g/mol. The maximum atomic E-state index is 3.69. The third-order valence-electron chi connectivity index (χ3n) is 7.79. The molecule has 0 radical (unpaired) electrons. The Kier molecular flexibility index (Phi) is 14.0. The zero-order chi connectivity index (χ0) is 30.5. The standard InChI is InChI=1S/C23H29.C13H10.C5H5.2ClH.Hf/c1-14-9-16-11-17-10-15(2)21(23(6,7)8)13-19(17)18(16)12-20(14)22(3,4)5;1-3-7-12(8-4-1)11-13-9-5-2-6-10-13;1-2-4-5-3-1;;;/h9,12-13H,11H2,1-8H3;1-10H;1-3H,4H2;2*1H;/q-1;;-1;;;+2/p-2. The van der Waals surface area contributed by atoms with Gasteiger partial charge in [0.25, 0.3) is 0 Å². The second kappa shape index (κ2) is 16.3. The van der Waals surface area contributed by atoms with Gasteiger partial charge in [-0.15, -0.1) is 23.1 Å². The summed E-state index contributed by atoms with van der Waals surface area (Å²) < 4.78 is 1.46. The van der Waals surface area contributed by atoms with Crippen LogP contribution in [0.4, 0.5) is 0 Å². The Morgan fingerprint density at radius 1 is 0.705 bits per heavy atom. The fourth-order valence-electron chi connectivity index (χ4n) is 5.74. The van der Waals surface area contributed by atoms with E-state index >= 15 is 0 Å². The van der Waals surface area contributed by atoms with Crippen molar-refractivity contribution < 1.29 is 48.7 Å². The van der Waals surface area contributed by atoms with Gasteiger partial charge in [0, 0.05) is 0 Å². The van der Waals surface area contributed by atoms with Crippen LogP contribution in [0, 0.1) is 26.0 Å². The van der Waals surface area contributed by atoms with E-state index in [2.05, 4.69) is 152 Å². The van der Waals surface area contributed by atoms with E-state index in [0.29, 0.717) is 0 Å². The molecule has 228 valence electrons. The molecular formula is C41H44Cl2Hf-2. The summed E-state index contributed by atoms with van der Waals surface area (Å²) in [6, 6.07) is 32.1. The van der Waals surface area contributed by atoms with Crippen LogP contribution in [0.1, 0.15) is 92.5 Å². The van der Waals surface area contributed by atoms with Gasteiger partial charge in [-0.25, -0.2) is 12.2 Å². The molecule has 44 heavy (non-hydrogen) atoms. The molecule has 3 heteroatoms. The van der Waals surface area contributed by atoms with Gasteiger partial charge in [-0.2, -0.15) is 23.8 Å². The van der Waals surface area contributed by atoms with Gasteiger partial charge >= 0.3 is 98.9 Å². The summed E-state index contributed by atoms with van der Waals surface area (Å²) >= 11 is 1.08. The second-order valence-corrected chi connectivity index (χ2v) is 15.1. The van der Waals surface area contributed by atoms with Gasteiger partial charge in [0.1, 0.15) is 0 Å². The second-order valence-electron chi connectivity index (χ2n) is 13.3. The molecule has 0 unspecified atom stereocenters. The van der Waals surface area contributed by atoms with Gasteiger partial charge in [-0.3, -0.25) is 6.08 Å². The summed E-state index contributed by atoms with van der Waals surface area (Å²) in [7, 11) is 0. The summed E-state index contributed by atoms with van der Waals surface area (Å²) in [5, 5.41) is 0. The molecule has 0 bridgehead atoms. The van der Waals surface area contributed by atoms with E-state index in [1.807, 2.05) is 12.2 Å². The molecule has 0 heterocycles. The molecule has 0 saturated carbocycles. The third kappa shape index (κ3) is 9.59. The van der Waals surface area contributed by atoms with Crippen molar-refractivity contribution in [2.24, 2.45) is 0 Å². The number of hydrogen-bond donors (Lipinski definition) is 0. The average Bonchev–Trinajstić information content (AvgIpc) is 3.63. The van der Waals surface area contributed by atoms with Crippen molar-refractivity contribution in [3.05, 3.63) is 154 Å². The summed E-state index contributed by atoms with van der Waals surface area (Å²) in [6.07, 6.45) is 11.0. The molecule has 0 N–H and O–H groups in total. The minimum absolute atomic E-state index is 0. The quantitative estimate of drug-likeness (QED) is 0.184. The molecule has 2 aliphatic carbocycles. The Hall–Kier alpha value is -2.32. The number of rotatable bonds is 2. The Bertz CT molecular complexity index is 1480. The fourth-order valence-corrected chi connectivity index (χ4v) is 6.94. The number of hydrogen-bond acceptors (Lipinski definition) is 0. The number of aryl methyl sites for hydroxylation is 2. The maximum absolute atomic E-state index is 3.69. The van der Waals surface area contributed by atoms with Gasteiger partial charge in [-0.1, -0.05) is 71.6 Å². The predicted octanol–water partition coefficient (Wildman–Crippen LogP) is 4.39. The first-order valence-corrected chi connectivity index (χ1v) is 16.8. The third-order valence-corrected chi connectivity index (χ3v) is 9.86. The number of halogens is 2. The van der Waals surface area contributed by atoms with Gasteiger partial charge in [0.2, 0.25) is 0 Å². The summed E-state index contributed by atoms with van der Waals surface area (Å²) in [5.74, 6) is 0. The summed E-state index contributed by atoms with van der Waals surface area (Å²) in [5.41, 5.74) is 14.3. The minimum atomic E-state index is 0. The monoisotopic (exact) mass is 786 g/mol. The number of fused-ring (bicyclic) bond motifs is 3. The van der Waals surface area contributed by atoms with E-state index < -0.39 is 0 Å². The molecule has 4 aromatic carbocycles. The van der Waals surface area contributed by atoms with Crippen molar-refractivity contribution in [1.29, 1.82) is 0 Å². The van der Waals surface area contributed by atoms with Crippen LogP contribution in [-0.4, -0.2) is 3.26 Å². The Balaban J connectivity index is 0.000000273. The van der Waals surface area contributed by atoms with E-state index in [-0.39, 0.29) is 35.6 Å². The molecule has 0 saturated heterocycles. The van der Waals surface area contributed by atoms with Gasteiger partial charge in [0.05, 0.1) is 0 Å². The van der Waals surface area contributed by atoms with Gasteiger partial charge < -0.3 is 24.8 Å². The van der Waals surface area contributed by atoms with E-state index in [0.717, 1.165) is 36.7 Å². The van der Waals surface area contributed by atoms with Crippen LogP contribution in [0.5, 0.6) is 0 Å². The Labute approximate surface area is 294 Å². The molecule has 0 spiro atoms. The van der Waals surface area contributed by atoms with Crippen molar-refractivity contribution in [2.75, 3.05) is 0 Å². The van der Waals surface area contributed by atoms with Gasteiger partial charge in [-0.05, 0) is 35.4 Å². The van der Waals surface area contributed by atoms with Crippen molar-refractivity contribution in [3.8, 4) is 11.1 Å². The van der Waals surface area contributed by atoms with Crippen molar-refractivity contribution in [3.63, 3.8) is 0 Å². The van der Waals surface area contributed by atoms with Crippen molar-refractivity contribution >= 4 is 3.26 Å². The van der Waals surface area contributed by atoms with E-state index in [4.69, 9.17) is 0 Å². The SMILES string of the molecule is Cc1[c-]c2c(cc1C(C)(C)C)-c1cc(C(C)(C)C)c(C)cc1C2.[C-]1=CC=CC1.[Cl-].[Cl-].[Hf+2]=[C](c1ccccc1)c1ccccc1. The molecule has 2 aliphatic rings. The van der Waals surface area contributed by atoms with Crippen LogP contribution in [-0.2, 0) is 41.1 Å². The van der Waals surface area contributed by atoms with Crippen LogP contribution in [0.15, 0.2) is 97.1 Å². The molecular weight excluding hydrogens is 742 g/mol. The molecule has 0 aliphatic heterocycles. The van der Waals surface area contributed by atoms with E-state index in [9.17, 15) is 0 Å².